The molecule has 3 nitrogen and oxygen atoms in total. The van der Waals surface area contributed by atoms with E-state index in [-0.39, 0.29) is 22.9 Å². The highest BCUT2D eigenvalue weighted by molar-refractivity contribution is 7.97. The third kappa shape index (κ3) is 8.41. The molecule has 6 aromatic carbocycles. The van der Waals surface area contributed by atoms with Gasteiger partial charge in [0.1, 0.15) is 0 Å². The molecule has 0 aliphatic rings. The summed E-state index contributed by atoms with van der Waals surface area (Å²) in [6, 6.07) is 63.5. The van der Waals surface area contributed by atoms with E-state index in [9.17, 15) is 0 Å². The zero-order chi connectivity index (χ0) is 31.2. The molecular formula is C40H38BO3S+. The number of rotatable bonds is 11. The molecule has 6 aromatic rings. The van der Waals surface area contributed by atoms with Gasteiger partial charge in [-0.3, -0.25) is 0 Å². The Morgan fingerprint density at radius 3 is 1.02 bits per heavy atom. The van der Waals surface area contributed by atoms with E-state index < -0.39 is 7.32 Å². The second-order valence-corrected chi connectivity index (χ2v) is 12.6. The fraction of sp³-hybridized carbons (Fsp3) is 0.100. The van der Waals surface area contributed by atoms with Gasteiger partial charge in [0.05, 0.1) is 10.9 Å². The van der Waals surface area contributed by atoms with Gasteiger partial charge >= 0.3 is 7.32 Å². The van der Waals surface area contributed by atoms with Crippen molar-refractivity contribution in [2.45, 2.75) is 32.9 Å². The quantitative estimate of drug-likeness (QED) is 0.0670. The molecule has 0 spiro atoms. The Morgan fingerprint density at radius 2 is 0.733 bits per heavy atom. The molecule has 2 N–H and O–H groups in total. The van der Waals surface area contributed by atoms with Crippen LogP contribution in [0.2, 0.25) is 0 Å². The molecule has 0 fully saturated rings. The molecule has 0 saturated carbocycles. The summed E-state index contributed by atoms with van der Waals surface area (Å²) >= 11 is 0. The average Bonchev–Trinajstić information content (AvgIpc) is 3.11. The van der Waals surface area contributed by atoms with E-state index in [2.05, 4.69) is 164 Å². The summed E-state index contributed by atoms with van der Waals surface area (Å²) in [7, 11) is -1.74. The monoisotopic (exact) mass is 609 g/mol. The topological polar surface area (TPSA) is 49.7 Å². The Morgan fingerprint density at radius 1 is 0.444 bits per heavy atom. The van der Waals surface area contributed by atoms with Crippen molar-refractivity contribution in [3.63, 3.8) is 0 Å². The van der Waals surface area contributed by atoms with Gasteiger partial charge in [0.15, 0.2) is 14.7 Å². The van der Waals surface area contributed by atoms with Gasteiger partial charge in [-0.2, -0.15) is 0 Å². The van der Waals surface area contributed by atoms with Crippen molar-refractivity contribution in [3.8, 4) is 0 Å². The molecular weight excluding hydrogens is 571 g/mol. The fourth-order valence-electron chi connectivity index (χ4n) is 5.71. The zero-order valence-corrected chi connectivity index (χ0v) is 26.0. The molecule has 0 aliphatic carbocycles. The van der Waals surface area contributed by atoms with Gasteiger partial charge in [-0.25, -0.2) is 0 Å². The molecule has 6 rings (SSSR count). The van der Waals surface area contributed by atoms with Crippen LogP contribution in [0.5, 0.6) is 0 Å². The van der Waals surface area contributed by atoms with Gasteiger partial charge in [0.2, 0.25) is 0 Å². The van der Waals surface area contributed by atoms with Crippen LogP contribution in [-0.4, -0.2) is 24.0 Å². The van der Waals surface area contributed by atoms with Crippen LogP contribution >= 0.6 is 0 Å². The van der Waals surface area contributed by atoms with Crippen molar-refractivity contribution in [2.75, 3.05) is 6.61 Å². The second kappa shape index (κ2) is 16.6. The Balaban J connectivity index is 0.000000186. The maximum atomic E-state index is 8.97. The molecule has 0 amide bonds. The summed E-state index contributed by atoms with van der Waals surface area (Å²) in [5.74, 6) is 0. The summed E-state index contributed by atoms with van der Waals surface area (Å²) in [6.45, 7) is 0.284. The normalized spacial score (nSPS) is 11.0. The third-order valence-corrected chi connectivity index (χ3v) is 9.93. The number of hydrogen-bond acceptors (Lipinski definition) is 3. The van der Waals surface area contributed by atoms with E-state index >= 15 is 0 Å². The van der Waals surface area contributed by atoms with Gasteiger partial charge in [0, 0.05) is 12.0 Å². The van der Waals surface area contributed by atoms with Crippen molar-refractivity contribution in [1.82, 2.24) is 0 Å². The first-order chi connectivity index (χ1) is 22.2. The van der Waals surface area contributed by atoms with E-state index in [1.807, 2.05) is 18.2 Å². The van der Waals surface area contributed by atoms with Gasteiger partial charge in [-0.05, 0) is 65.9 Å². The predicted molar refractivity (Wildman–Crippen MR) is 186 cm³/mol. The number of hydrogen-bond donors (Lipinski definition) is 2. The van der Waals surface area contributed by atoms with Crippen LogP contribution in [0.4, 0.5) is 0 Å². The van der Waals surface area contributed by atoms with Crippen LogP contribution in [0.15, 0.2) is 197 Å². The van der Waals surface area contributed by atoms with E-state index in [1.165, 1.54) is 31.4 Å². The minimum Gasteiger partial charge on any atom is -0.402 e. The molecule has 0 saturated heterocycles. The Labute approximate surface area is 270 Å². The second-order valence-electron chi connectivity index (χ2n) is 10.5. The molecule has 224 valence electrons. The molecule has 0 aromatic heterocycles. The average molecular weight is 610 g/mol. The summed E-state index contributed by atoms with van der Waals surface area (Å²) in [4.78, 5) is 4.08. The third-order valence-electron chi connectivity index (χ3n) is 7.70. The fourth-order valence-corrected chi connectivity index (χ4v) is 7.81. The van der Waals surface area contributed by atoms with Crippen LogP contribution in [-0.2, 0) is 21.0 Å². The Hall–Kier alpha value is -4.39. The number of benzene rings is 6. The first kappa shape index (κ1) is 32.0. The molecule has 0 heterocycles. The van der Waals surface area contributed by atoms with Crippen LogP contribution in [0.25, 0.3) is 0 Å². The van der Waals surface area contributed by atoms with Crippen LogP contribution < -0.4 is 0 Å². The van der Waals surface area contributed by atoms with Crippen LogP contribution in [0, 0.1) is 0 Å². The highest BCUT2D eigenvalue weighted by Crippen LogP contribution is 2.43. The molecule has 0 bridgehead atoms. The van der Waals surface area contributed by atoms with Crippen molar-refractivity contribution >= 4 is 18.2 Å². The lowest BCUT2D eigenvalue weighted by molar-refractivity contribution is 0.179. The van der Waals surface area contributed by atoms with Crippen LogP contribution in [0.3, 0.4) is 0 Å². The first-order valence-electron chi connectivity index (χ1n) is 15.2. The van der Waals surface area contributed by atoms with Crippen LogP contribution in [0.1, 0.15) is 29.5 Å². The maximum absolute atomic E-state index is 8.97. The summed E-state index contributed by atoms with van der Waals surface area (Å²) in [5.41, 5.74) is 3.30. The standard InChI is InChI=1S/C22H23BO3.C18H15S/c24-23(25)26-18-10-17-22(19-11-4-1-5-12-19,20-13-6-2-7-14-20)21-15-8-3-9-16-21;1-4-10-16(11-5-1)19(17-12-6-2-7-13-17)18-14-8-3-9-15-18/h1-9,11-16,24-25H,10,17-18H2;1-15H/q;+1. The van der Waals surface area contributed by atoms with E-state index in [0.717, 1.165) is 6.42 Å². The molecule has 5 heteroatoms. The Kier molecular flexibility index (Phi) is 11.8. The molecule has 45 heavy (non-hydrogen) atoms. The molecule has 0 aliphatic heterocycles. The molecule has 0 atom stereocenters. The molecule has 0 radical (unpaired) electrons. The Bertz CT molecular complexity index is 1460. The van der Waals surface area contributed by atoms with Crippen molar-refractivity contribution in [2.24, 2.45) is 0 Å². The summed E-state index contributed by atoms with van der Waals surface area (Å²) in [6.07, 6.45) is 1.48. The maximum Gasteiger partial charge on any atom is 0.633 e. The lowest BCUT2D eigenvalue weighted by Gasteiger charge is -2.36. The predicted octanol–water partition coefficient (Wildman–Crippen LogP) is 8.57. The van der Waals surface area contributed by atoms with E-state index in [1.54, 1.807) is 0 Å². The summed E-state index contributed by atoms with van der Waals surface area (Å²) in [5, 5.41) is 17.9. The van der Waals surface area contributed by atoms with Gasteiger partial charge < -0.3 is 14.7 Å². The minimum absolute atomic E-state index is 0.0146. The van der Waals surface area contributed by atoms with Crippen molar-refractivity contribution in [3.05, 3.63) is 199 Å². The SMILES string of the molecule is OB(O)OCCCC(c1ccccc1)(c1ccccc1)c1ccccc1.c1ccc([S+](c2ccccc2)c2ccccc2)cc1. The smallest absolute Gasteiger partial charge is 0.402 e. The highest BCUT2D eigenvalue weighted by Gasteiger charge is 2.35. The first-order valence-corrected chi connectivity index (χ1v) is 16.4. The van der Waals surface area contributed by atoms with Gasteiger partial charge in [-0.15, -0.1) is 0 Å². The lowest BCUT2D eigenvalue weighted by Crippen LogP contribution is -2.30. The lowest BCUT2D eigenvalue weighted by atomic mass is 9.67. The summed E-state index contributed by atoms with van der Waals surface area (Å²) < 4.78 is 4.96. The highest BCUT2D eigenvalue weighted by atomic mass is 32.2. The molecule has 0 unspecified atom stereocenters. The van der Waals surface area contributed by atoms with Crippen molar-refractivity contribution < 1.29 is 14.7 Å². The zero-order valence-electron chi connectivity index (χ0n) is 25.2. The van der Waals surface area contributed by atoms with Gasteiger partial charge in [-0.1, -0.05) is 146 Å². The van der Waals surface area contributed by atoms with Crippen molar-refractivity contribution in [1.29, 1.82) is 0 Å². The largest absolute Gasteiger partial charge is 0.633 e. The van der Waals surface area contributed by atoms with E-state index in [0.29, 0.717) is 6.42 Å². The van der Waals surface area contributed by atoms with E-state index in [4.69, 9.17) is 14.7 Å². The van der Waals surface area contributed by atoms with Gasteiger partial charge in [0.25, 0.3) is 0 Å². The minimum atomic E-state index is -1.73.